The molecule has 0 saturated carbocycles. The van der Waals surface area contributed by atoms with E-state index < -0.39 is 0 Å². The molecule has 1 N–H and O–H groups in total. The highest BCUT2D eigenvalue weighted by Crippen LogP contribution is 2.31. The molecule has 0 spiro atoms. The zero-order valence-corrected chi connectivity index (χ0v) is 17.2. The number of anilines is 1. The van der Waals surface area contributed by atoms with E-state index in [0.717, 1.165) is 24.1 Å². The number of tetrazole rings is 1. The predicted octanol–water partition coefficient (Wildman–Crippen LogP) is 4.59. The number of rotatable bonds is 9. The maximum absolute atomic E-state index is 6.19. The van der Waals surface area contributed by atoms with Crippen LogP contribution in [-0.4, -0.2) is 27.3 Å². The van der Waals surface area contributed by atoms with E-state index in [1.807, 2.05) is 18.2 Å². The fourth-order valence-electron chi connectivity index (χ4n) is 2.55. The van der Waals surface area contributed by atoms with Gasteiger partial charge in [-0.25, -0.2) is 0 Å². The zero-order chi connectivity index (χ0) is 19.9. The van der Waals surface area contributed by atoms with Crippen LogP contribution in [0.2, 0.25) is 10.0 Å². The van der Waals surface area contributed by atoms with Gasteiger partial charge >= 0.3 is 0 Å². The average Bonchev–Trinajstić information content (AvgIpc) is 3.14. The van der Waals surface area contributed by atoms with Gasteiger partial charge in [-0.05, 0) is 41.5 Å². The summed E-state index contributed by atoms with van der Waals surface area (Å²) in [5.74, 6) is 1.71. The van der Waals surface area contributed by atoms with E-state index in [1.54, 1.807) is 30.1 Å². The first kappa shape index (κ1) is 20.2. The molecule has 9 heteroatoms. The summed E-state index contributed by atoms with van der Waals surface area (Å²) in [4.78, 5) is 1.57. The summed E-state index contributed by atoms with van der Waals surface area (Å²) in [6.07, 6.45) is 0.952. The van der Waals surface area contributed by atoms with Gasteiger partial charge in [0.2, 0.25) is 0 Å². The molecule has 28 heavy (non-hydrogen) atoms. The molecular formula is C19H21Cl2N5O2. The van der Waals surface area contributed by atoms with E-state index in [9.17, 15) is 0 Å². The fraction of sp³-hybridized carbons (Fsp3) is 0.316. The second-order valence-corrected chi connectivity index (χ2v) is 6.85. The van der Waals surface area contributed by atoms with Crippen LogP contribution in [0.1, 0.15) is 24.5 Å². The van der Waals surface area contributed by atoms with Gasteiger partial charge in [0.05, 0.1) is 13.7 Å². The van der Waals surface area contributed by atoms with Crippen molar-refractivity contribution in [2.24, 2.45) is 0 Å². The Hall–Kier alpha value is -2.51. The Kier molecular flexibility index (Phi) is 6.95. The van der Waals surface area contributed by atoms with Gasteiger partial charge in [-0.15, -0.1) is 5.10 Å². The van der Waals surface area contributed by atoms with Gasteiger partial charge in [0, 0.05) is 22.2 Å². The van der Waals surface area contributed by atoms with Crippen molar-refractivity contribution in [2.75, 3.05) is 12.4 Å². The van der Waals surface area contributed by atoms with Crippen molar-refractivity contribution in [3.05, 3.63) is 57.6 Å². The largest absolute Gasteiger partial charge is 0.493 e. The van der Waals surface area contributed by atoms with Crippen LogP contribution in [0, 0.1) is 0 Å². The van der Waals surface area contributed by atoms with Crippen LogP contribution in [0.4, 0.5) is 5.95 Å². The minimum atomic E-state index is 0.247. The van der Waals surface area contributed by atoms with Crippen molar-refractivity contribution in [3.63, 3.8) is 0 Å². The number of aryl methyl sites for hydroxylation is 1. The van der Waals surface area contributed by atoms with E-state index in [0.29, 0.717) is 34.0 Å². The van der Waals surface area contributed by atoms with Crippen LogP contribution < -0.4 is 14.8 Å². The lowest BCUT2D eigenvalue weighted by atomic mass is 10.2. The van der Waals surface area contributed by atoms with Crippen LogP contribution in [0.25, 0.3) is 0 Å². The molecule has 7 nitrogen and oxygen atoms in total. The molecule has 0 aliphatic heterocycles. The van der Waals surface area contributed by atoms with Crippen LogP contribution in [0.3, 0.4) is 0 Å². The topological polar surface area (TPSA) is 74.1 Å². The highest BCUT2D eigenvalue weighted by Gasteiger charge is 2.10. The Morgan fingerprint density at radius 2 is 1.89 bits per heavy atom. The van der Waals surface area contributed by atoms with Crippen LogP contribution in [-0.2, 0) is 19.7 Å². The molecule has 2 aromatic carbocycles. The number of aromatic nitrogens is 4. The maximum atomic E-state index is 6.19. The van der Waals surface area contributed by atoms with E-state index in [4.69, 9.17) is 32.7 Å². The molecule has 0 amide bonds. The molecule has 0 aliphatic rings. The number of hydrogen-bond donors (Lipinski definition) is 1. The number of hydrogen-bond acceptors (Lipinski definition) is 6. The average molecular weight is 422 g/mol. The lowest BCUT2D eigenvalue weighted by Crippen LogP contribution is -2.04. The van der Waals surface area contributed by atoms with Gasteiger partial charge in [-0.1, -0.05) is 47.4 Å². The minimum Gasteiger partial charge on any atom is -0.493 e. The number of methoxy groups -OCH3 is 1. The molecule has 148 valence electrons. The molecule has 0 bridgehead atoms. The summed E-state index contributed by atoms with van der Waals surface area (Å²) in [5, 5.41) is 16.5. The van der Waals surface area contributed by atoms with E-state index in [1.165, 1.54) is 0 Å². The van der Waals surface area contributed by atoms with Crippen molar-refractivity contribution in [2.45, 2.75) is 33.0 Å². The van der Waals surface area contributed by atoms with Crippen LogP contribution in [0.15, 0.2) is 36.4 Å². The Morgan fingerprint density at radius 1 is 1.11 bits per heavy atom. The van der Waals surface area contributed by atoms with Gasteiger partial charge in [0.15, 0.2) is 11.5 Å². The Bertz CT molecular complexity index is 912. The summed E-state index contributed by atoms with van der Waals surface area (Å²) < 4.78 is 11.3. The third-order valence-corrected chi connectivity index (χ3v) is 4.70. The van der Waals surface area contributed by atoms with Crippen molar-refractivity contribution in [3.8, 4) is 11.5 Å². The first-order valence-corrected chi connectivity index (χ1v) is 9.60. The minimum absolute atomic E-state index is 0.247. The Balaban J connectivity index is 1.64. The molecule has 0 radical (unpaired) electrons. The SMILES string of the molecule is CCCn1nnc(NCc2ccc(OCc3c(Cl)cccc3Cl)c(OC)c2)n1. The highest BCUT2D eigenvalue weighted by molar-refractivity contribution is 6.35. The Labute approximate surface area is 173 Å². The van der Waals surface area contributed by atoms with Gasteiger partial charge < -0.3 is 14.8 Å². The fourth-order valence-corrected chi connectivity index (χ4v) is 3.06. The lowest BCUT2D eigenvalue weighted by molar-refractivity contribution is 0.284. The number of nitrogens with one attached hydrogen (secondary N) is 1. The van der Waals surface area contributed by atoms with Crippen LogP contribution in [0.5, 0.6) is 11.5 Å². The summed E-state index contributed by atoms with van der Waals surface area (Å²) >= 11 is 12.4. The molecule has 0 unspecified atom stereocenters. The predicted molar refractivity (Wildman–Crippen MR) is 109 cm³/mol. The molecule has 0 atom stereocenters. The monoisotopic (exact) mass is 421 g/mol. The van der Waals surface area contributed by atoms with Gasteiger partial charge in [-0.3, -0.25) is 0 Å². The first-order valence-electron chi connectivity index (χ1n) is 8.85. The number of halogens is 2. The summed E-state index contributed by atoms with van der Waals surface area (Å²) in [6.45, 7) is 3.58. The molecule has 3 rings (SSSR count). The second-order valence-electron chi connectivity index (χ2n) is 6.04. The van der Waals surface area contributed by atoms with Gasteiger partial charge in [0.25, 0.3) is 5.95 Å². The molecule has 0 aliphatic carbocycles. The number of nitrogens with zero attached hydrogens (tertiary/aromatic N) is 4. The summed E-state index contributed by atoms with van der Waals surface area (Å²) in [6, 6.07) is 11.0. The standard InChI is InChI=1S/C19H21Cl2N5O2/c1-3-9-26-24-19(23-25-26)22-11-13-7-8-17(18(10-13)27-2)28-12-14-15(20)5-4-6-16(14)21/h4-8,10H,3,9,11-12H2,1-2H3,(H,22,24). The zero-order valence-electron chi connectivity index (χ0n) is 15.7. The maximum Gasteiger partial charge on any atom is 0.263 e. The van der Waals surface area contributed by atoms with E-state index in [-0.39, 0.29) is 6.61 Å². The van der Waals surface area contributed by atoms with Gasteiger partial charge in [0.1, 0.15) is 6.61 Å². The van der Waals surface area contributed by atoms with Gasteiger partial charge in [-0.2, -0.15) is 4.80 Å². The van der Waals surface area contributed by atoms with Crippen molar-refractivity contribution >= 4 is 29.2 Å². The van der Waals surface area contributed by atoms with Crippen LogP contribution >= 0.6 is 23.2 Å². The van der Waals surface area contributed by atoms with E-state index >= 15 is 0 Å². The lowest BCUT2D eigenvalue weighted by Gasteiger charge is -2.13. The van der Waals surface area contributed by atoms with Crippen molar-refractivity contribution in [1.29, 1.82) is 0 Å². The number of ether oxygens (including phenoxy) is 2. The van der Waals surface area contributed by atoms with Crippen molar-refractivity contribution < 1.29 is 9.47 Å². The number of benzene rings is 2. The molecule has 1 aromatic heterocycles. The third kappa shape index (κ3) is 5.05. The molecule has 0 saturated heterocycles. The second kappa shape index (κ2) is 9.61. The molecule has 1 heterocycles. The molecular weight excluding hydrogens is 401 g/mol. The third-order valence-electron chi connectivity index (χ3n) is 3.99. The molecule has 0 fully saturated rings. The summed E-state index contributed by atoms with van der Waals surface area (Å²) in [5.41, 5.74) is 1.73. The Morgan fingerprint density at radius 3 is 2.61 bits per heavy atom. The smallest absolute Gasteiger partial charge is 0.263 e. The normalized spacial score (nSPS) is 10.7. The molecule has 3 aromatic rings. The highest BCUT2D eigenvalue weighted by atomic mass is 35.5. The van der Waals surface area contributed by atoms with Crippen molar-refractivity contribution in [1.82, 2.24) is 20.2 Å². The quantitative estimate of drug-likeness (QED) is 0.544. The summed E-state index contributed by atoms with van der Waals surface area (Å²) in [7, 11) is 1.60. The van der Waals surface area contributed by atoms with E-state index in [2.05, 4.69) is 27.7 Å². The first-order chi connectivity index (χ1) is 13.6.